The number of rotatable bonds is 9. The van der Waals surface area contributed by atoms with E-state index in [-0.39, 0.29) is 0 Å². The quantitative estimate of drug-likeness (QED) is 0.103. The number of carbonyl (C=O) groups is 2. The highest BCUT2D eigenvalue weighted by Gasteiger charge is 2.11. The van der Waals surface area contributed by atoms with Gasteiger partial charge in [-0.3, -0.25) is 0 Å². The third-order valence-corrected chi connectivity index (χ3v) is 6.62. The maximum atomic E-state index is 12.5. The summed E-state index contributed by atoms with van der Waals surface area (Å²) in [4.78, 5) is 25.0. The van der Waals surface area contributed by atoms with Gasteiger partial charge in [-0.25, -0.2) is 9.59 Å². The van der Waals surface area contributed by atoms with Crippen LogP contribution >= 0.6 is 0 Å². The highest BCUT2D eigenvalue weighted by atomic mass is 16.5. The fraction of sp³-hybridized carbons (Fsp3) is 0.0556. The Kier molecular flexibility index (Phi) is 7.77. The summed E-state index contributed by atoms with van der Waals surface area (Å²) < 4.78 is 22.7. The fourth-order valence-corrected chi connectivity index (χ4v) is 4.51. The van der Waals surface area contributed by atoms with Gasteiger partial charge in [-0.2, -0.15) is 0 Å². The van der Waals surface area contributed by atoms with Crippen molar-refractivity contribution in [2.24, 2.45) is 0 Å². The minimum absolute atomic E-state index is 0.356. The Labute approximate surface area is 242 Å². The Bertz CT molecular complexity index is 1730. The molecule has 0 saturated heterocycles. The Balaban J connectivity index is 1.02. The maximum Gasteiger partial charge on any atom is 0.343 e. The second kappa shape index (κ2) is 12.3. The van der Waals surface area contributed by atoms with Gasteiger partial charge in [0.05, 0.1) is 11.1 Å². The SMILES string of the molecule is O=C(Oc1ccccc1)c1ccc2cc(OCCOc3ccc4cc(C(=O)Oc5ccccc5)ccc4c3)ccc2c1. The summed E-state index contributed by atoms with van der Waals surface area (Å²) in [7, 11) is 0. The zero-order chi connectivity index (χ0) is 28.7. The molecule has 6 heteroatoms. The second-order valence-corrected chi connectivity index (χ2v) is 9.55. The normalized spacial score (nSPS) is 10.8. The van der Waals surface area contributed by atoms with E-state index in [2.05, 4.69) is 0 Å². The molecule has 0 unspecified atom stereocenters. The second-order valence-electron chi connectivity index (χ2n) is 9.55. The summed E-state index contributed by atoms with van der Waals surface area (Å²) >= 11 is 0. The Morgan fingerprint density at radius 2 is 0.786 bits per heavy atom. The molecule has 0 bridgehead atoms. The van der Waals surface area contributed by atoms with Crippen LogP contribution < -0.4 is 18.9 Å². The van der Waals surface area contributed by atoms with Crippen LogP contribution in [0.4, 0.5) is 0 Å². The summed E-state index contributed by atoms with van der Waals surface area (Å²) in [6.45, 7) is 0.713. The largest absolute Gasteiger partial charge is 0.490 e. The van der Waals surface area contributed by atoms with E-state index in [4.69, 9.17) is 18.9 Å². The first-order valence-corrected chi connectivity index (χ1v) is 13.5. The van der Waals surface area contributed by atoms with Crippen LogP contribution in [-0.4, -0.2) is 25.2 Å². The first kappa shape index (κ1) is 26.6. The number of hydrogen-bond donors (Lipinski definition) is 0. The van der Waals surface area contributed by atoms with Crippen LogP contribution in [0.3, 0.4) is 0 Å². The lowest BCUT2D eigenvalue weighted by atomic mass is 10.1. The van der Waals surface area contributed by atoms with E-state index in [1.165, 1.54) is 0 Å². The van der Waals surface area contributed by atoms with Gasteiger partial charge in [0.25, 0.3) is 0 Å². The van der Waals surface area contributed by atoms with Crippen LogP contribution in [0.25, 0.3) is 21.5 Å². The van der Waals surface area contributed by atoms with Crippen LogP contribution in [-0.2, 0) is 0 Å². The molecule has 0 saturated carbocycles. The molecule has 0 N–H and O–H groups in total. The molecule has 6 aromatic rings. The summed E-state index contributed by atoms with van der Waals surface area (Å²) in [5.74, 6) is 1.62. The monoisotopic (exact) mass is 554 g/mol. The number of fused-ring (bicyclic) bond motifs is 2. The summed E-state index contributed by atoms with van der Waals surface area (Å²) in [5, 5.41) is 3.72. The van der Waals surface area contributed by atoms with Crippen molar-refractivity contribution in [2.75, 3.05) is 13.2 Å². The molecule has 0 aromatic heterocycles. The van der Waals surface area contributed by atoms with Crippen LogP contribution in [0, 0.1) is 0 Å². The average Bonchev–Trinajstić information content (AvgIpc) is 3.03. The molecule has 0 radical (unpaired) electrons. The van der Waals surface area contributed by atoms with Crippen LogP contribution in [0.2, 0.25) is 0 Å². The highest BCUT2D eigenvalue weighted by molar-refractivity contribution is 5.97. The van der Waals surface area contributed by atoms with Gasteiger partial charge in [-0.1, -0.05) is 60.7 Å². The van der Waals surface area contributed by atoms with Crippen molar-refractivity contribution in [3.05, 3.63) is 145 Å². The molecule has 6 aromatic carbocycles. The highest BCUT2D eigenvalue weighted by Crippen LogP contribution is 2.25. The zero-order valence-electron chi connectivity index (χ0n) is 22.6. The van der Waals surface area contributed by atoms with Gasteiger partial charge in [0, 0.05) is 0 Å². The molecular formula is C36H26O6. The van der Waals surface area contributed by atoms with Gasteiger partial charge in [-0.05, 0) is 94.3 Å². The molecule has 0 aliphatic rings. The van der Waals surface area contributed by atoms with E-state index in [9.17, 15) is 9.59 Å². The lowest BCUT2D eigenvalue weighted by molar-refractivity contribution is 0.0725. The molecule has 6 rings (SSSR count). The lowest BCUT2D eigenvalue weighted by Crippen LogP contribution is -2.09. The predicted octanol–water partition coefficient (Wildman–Crippen LogP) is 7.89. The van der Waals surface area contributed by atoms with Crippen molar-refractivity contribution in [3.8, 4) is 23.0 Å². The lowest BCUT2D eigenvalue weighted by Gasteiger charge is -2.11. The molecule has 0 aliphatic carbocycles. The van der Waals surface area contributed by atoms with Crippen LogP contribution in [0.1, 0.15) is 20.7 Å². The summed E-state index contributed by atoms with van der Waals surface area (Å²) in [6.07, 6.45) is 0. The van der Waals surface area contributed by atoms with Crippen molar-refractivity contribution in [2.45, 2.75) is 0 Å². The number of hydrogen-bond acceptors (Lipinski definition) is 6. The Morgan fingerprint density at radius 1 is 0.405 bits per heavy atom. The molecule has 0 spiro atoms. The van der Waals surface area contributed by atoms with Crippen molar-refractivity contribution in [1.82, 2.24) is 0 Å². The molecular weight excluding hydrogens is 528 g/mol. The minimum atomic E-state index is -0.403. The first-order chi connectivity index (χ1) is 20.6. The van der Waals surface area contributed by atoms with Gasteiger partial charge in [0.1, 0.15) is 36.2 Å². The van der Waals surface area contributed by atoms with Crippen molar-refractivity contribution in [1.29, 1.82) is 0 Å². The maximum absolute atomic E-state index is 12.5. The third-order valence-electron chi connectivity index (χ3n) is 6.62. The van der Waals surface area contributed by atoms with E-state index >= 15 is 0 Å². The molecule has 206 valence electrons. The van der Waals surface area contributed by atoms with E-state index in [1.807, 2.05) is 97.1 Å². The number of carbonyl (C=O) groups excluding carboxylic acids is 2. The zero-order valence-corrected chi connectivity index (χ0v) is 22.6. The third kappa shape index (κ3) is 6.40. The van der Waals surface area contributed by atoms with Crippen molar-refractivity contribution >= 4 is 33.5 Å². The Morgan fingerprint density at radius 3 is 1.21 bits per heavy atom. The van der Waals surface area contributed by atoms with Gasteiger partial charge in [0.15, 0.2) is 0 Å². The summed E-state index contributed by atoms with van der Waals surface area (Å²) in [5.41, 5.74) is 0.958. The fourth-order valence-electron chi connectivity index (χ4n) is 4.51. The topological polar surface area (TPSA) is 71.1 Å². The first-order valence-electron chi connectivity index (χ1n) is 13.5. The predicted molar refractivity (Wildman–Crippen MR) is 162 cm³/mol. The van der Waals surface area contributed by atoms with Gasteiger partial charge in [0.2, 0.25) is 0 Å². The van der Waals surface area contributed by atoms with E-state index < -0.39 is 11.9 Å². The van der Waals surface area contributed by atoms with E-state index in [1.54, 1.807) is 36.4 Å². The van der Waals surface area contributed by atoms with Crippen molar-refractivity contribution < 1.29 is 28.5 Å². The van der Waals surface area contributed by atoms with E-state index in [0.29, 0.717) is 47.3 Å². The number of para-hydroxylation sites is 2. The standard InChI is InChI=1S/C36H26O6/c37-35(41-31-7-3-1-4-8-31)29-13-11-27-23-33(17-15-25(27)21-29)39-19-20-40-34-18-16-26-22-30(14-12-28(26)24-34)36(38)42-32-9-5-2-6-10-32/h1-18,21-24H,19-20H2. The molecule has 0 amide bonds. The number of ether oxygens (including phenoxy) is 4. The van der Waals surface area contributed by atoms with Crippen LogP contribution in [0.15, 0.2) is 133 Å². The van der Waals surface area contributed by atoms with Crippen LogP contribution in [0.5, 0.6) is 23.0 Å². The van der Waals surface area contributed by atoms with Gasteiger partial charge in [-0.15, -0.1) is 0 Å². The van der Waals surface area contributed by atoms with Crippen molar-refractivity contribution in [3.63, 3.8) is 0 Å². The minimum Gasteiger partial charge on any atom is -0.490 e. The molecule has 0 fully saturated rings. The smallest absolute Gasteiger partial charge is 0.343 e. The van der Waals surface area contributed by atoms with Gasteiger partial charge < -0.3 is 18.9 Å². The summed E-state index contributed by atoms with van der Waals surface area (Å²) in [6, 6.07) is 40.3. The van der Waals surface area contributed by atoms with E-state index in [0.717, 1.165) is 21.5 Å². The number of esters is 2. The van der Waals surface area contributed by atoms with Gasteiger partial charge >= 0.3 is 11.9 Å². The Hall–Kier alpha value is -5.62. The molecule has 42 heavy (non-hydrogen) atoms. The average molecular weight is 555 g/mol. The molecule has 6 nitrogen and oxygen atoms in total. The number of benzene rings is 6. The molecule has 0 atom stereocenters. The molecule has 0 heterocycles. The molecule has 0 aliphatic heterocycles.